The number of piperidine rings is 1. The Morgan fingerprint density at radius 2 is 1.62 bits per heavy atom. The molecule has 0 radical (unpaired) electrons. The maximum atomic E-state index is 13.8. The molecule has 0 aliphatic carbocycles. The highest BCUT2D eigenvalue weighted by molar-refractivity contribution is 5.79. The van der Waals surface area contributed by atoms with E-state index in [4.69, 9.17) is 4.74 Å². The van der Waals surface area contributed by atoms with E-state index in [1.54, 1.807) is 11.0 Å². The Hall–Kier alpha value is -2.15. The minimum absolute atomic E-state index is 0.0354. The molecule has 2 amide bonds. The third-order valence-electron chi connectivity index (χ3n) is 5.53. The fraction of sp³-hybridized carbons (Fsp3) is 0.636. The van der Waals surface area contributed by atoms with Gasteiger partial charge in [0.05, 0.1) is 0 Å². The van der Waals surface area contributed by atoms with E-state index in [-0.39, 0.29) is 23.7 Å². The Labute approximate surface area is 172 Å². The first-order chi connectivity index (χ1) is 13.7. The van der Waals surface area contributed by atoms with Gasteiger partial charge in [0.15, 0.2) is 0 Å². The number of carbonyl (C=O) groups excluding carboxylic acids is 2. The maximum absolute atomic E-state index is 13.8. The summed E-state index contributed by atoms with van der Waals surface area (Å²) in [6.07, 6.45) is 1.05. The van der Waals surface area contributed by atoms with E-state index in [9.17, 15) is 14.0 Å². The summed E-state index contributed by atoms with van der Waals surface area (Å²) in [5.74, 6) is -0.0334. The number of carbonyl (C=O) groups is 2. The molecule has 2 aliphatic heterocycles. The molecule has 160 valence electrons. The van der Waals surface area contributed by atoms with Crippen molar-refractivity contribution in [2.75, 3.05) is 39.3 Å². The van der Waals surface area contributed by atoms with Crippen molar-refractivity contribution in [1.29, 1.82) is 0 Å². The average Bonchev–Trinajstić information content (AvgIpc) is 2.69. The van der Waals surface area contributed by atoms with Crippen LogP contribution in [0.5, 0.6) is 0 Å². The van der Waals surface area contributed by atoms with Crippen molar-refractivity contribution in [3.63, 3.8) is 0 Å². The Morgan fingerprint density at radius 1 is 1.00 bits per heavy atom. The summed E-state index contributed by atoms with van der Waals surface area (Å²) in [4.78, 5) is 30.9. The molecule has 0 spiro atoms. The second kappa shape index (κ2) is 9.11. The van der Waals surface area contributed by atoms with Crippen LogP contribution < -0.4 is 0 Å². The van der Waals surface area contributed by atoms with Gasteiger partial charge >= 0.3 is 6.09 Å². The molecule has 6 nitrogen and oxygen atoms in total. The van der Waals surface area contributed by atoms with Gasteiger partial charge in [0.1, 0.15) is 11.4 Å². The monoisotopic (exact) mass is 405 g/mol. The van der Waals surface area contributed by atoms with Gasteiger partial charge in [-0.2, -0.15) is 0 Å². The molecular weight excluding hydrogens is 373 g/mol. The lowest BCUT2D eigenvalue weighted by molar-refractivity contribution is -0.139. The van der Waals surface area contributed by atoms with Crippen molar-refractivity contribution in [3.8, 4) is 0 Å². The van der Waals surface area contributed by atoms with Crippen molar-refractivity contribution in [3.05, 3.63) is 35.6 Å². The summed E-state index contributed by atoms with van der Waals surface area (Å²) < 4.78 is 19.3. The number of ether oxygens (including phenoxy) is 1. The first-order valence-electron chi connectivity index (χ1n) is 10.5. The lowest BCUT2D eigenvalue weighted by Crippen LogP contribution is -2.51. The first kappa shape index (κ1) is 21.6. The van der Waals surface area contributed by atoms with Gasteiger partial charge in [0.2, 0.25) is 5.91 Å². The molecule has 0 N–H and O–H groups in total. The number of halogens is 1. The largest absolute Gasteiger partial charge is 0.444 e. The summed E-state index contributed by atoms with van der Waals surface area (Å²) in [6, 6.07) is 6.84. The standard InChI is InChI=1S/C22H32FN3O3/c1-22(2,3)29-21(28)26-10-8-17(9-11-26)20(27)25-14-12-24(13-15-25)16-18-6-4-5-7-19(18)23/h4-7,17H,8-16H2,1-3H3. The summed E-state index contributed by atoms with van der Waals surface area (Å²) >= 11 is 0. The summed E-state index contributed by atoms with van der Waals surface area (Å²) in [5, 5.41) is 0. The van der Waals surface area contributed by atoms with Crippen LogP contribution in [0.4, 0.5) is 9.18 Å². The lowest BCUT2D eigenvalue weighted by atomic mass is 9.95. The van der Waals surface area contributed by atoms with Crippen LogP contribution >= 0.6 is 0 Å². The van der Waals surface area contributed by atoms with Crippen molar-refractivity contribution in [1.82, 2.24) is 14.7 Å². The number of benzene rings is 1. The molecule has 0 atom stereocenters. The Balaban J connectivity index is 1.43. The molecule has 7 heteroatoms. The molecular formula is C22H32FN3O3. The van der Waals surface area contributed by atoms with Crippen LogP contribution in [0, 0.1) is 11.7 Å². The van der Waals surface area contributed by atoms with Crippen molar-refractivity contribution < 1.29 is 18.7 Å². The Bertz CT molecular complexity index is 718. The zero-order valence-electron chi connectivity index (χ0n) is 17.7. The Kier molecular flexibility index (Phi) is 6.77. The van der Waals surface area contributed by atoms with Gasteiger partial charge in [-0.25, -0.2) is 9.18 Å². The van der Waals surface area contributed by atoms with Crippen LogP contribution in [0.15, 0.2) is 24.3 Å². The second-order valence-electron chi connectivity index (χ2n) is 8.93. The third-order valence-corrected chi connectivity index (χ3v) is 5.53. The van der Waals surface area contributed by atoms with E-state index in [1.807, 2.05) is 37.8 Å². The molecule has 1 aromatic rings. The van der Waals surface area contributed by atoms with E-state index in [2.05, 4.69) is 4.90 Å². The quantitative estimate of drug-likeness (QED) is 0.775. The normalized spacial score (nSPS) is 19.3. The van der Waals surface area contributed by atoms with Gasteiger partial charge in [-0.15, -0.1) is 0 Å². The van der Waals surface area contributed by atoms with Gasteiger partial charge in [-0.1, -0.05) is 18.2 Å². The van der Waals surface area contributed by atoms with Gasteiger partial charge in [-0.05, 0) is 39.7 Å². The van der Waals surface area contributed by atoms with E-state index in [0.717, 1.165) is 13.1 Å². The SMILES string of the molecule is CC(C)(C)OC(=O)N1CCC(C(=O)N2CCN(Cc3ccccc3F)CC2)CC1. The van der Waals surface area contributed by atoms with Crippen LogP contribution in [0.3, 0.4) is 0 Å². The third kappa shape index (κ3) is 5.92. The molecule has 2 heterocycles. The predicted octanol–water partition coefficient (Wildman–Crippen LogP) is 3.12. The molecule has 3 rings (SSSR count). The van der Waals surface area contributed by atoms with E-state index in [0.29, 0.717) is 51.1 Å². The fourth-order valence-corrected chi connectivity index (χ4v) is 3.89. The van der Waals surface area contributed by atoms with Gasteiger partial charge in [0.25, 0.3) is 0 Å². The highest BCUT2D eigenvalue weighted by atomic mass is 19.1. The van der Waals surface area contributed by atoms with Crippen LogP contribution in [0.1, 0.15) is 39.2 Å². The minimum Gasteiger partial charge on any atom is -0.444 e. The molecule has 0 aromatic heterocycles. The van der Waals surface area contributed by atoms with Crippen molar-refractivity contribution in [2.24, 2.45) is 5.92 Å². The maximum Gasteiger partial charge on any atom is 0.410 e. The highest BCUT2D eigenvalue weighted by Gasteiger charge is 2.33. The van der Waals surface area contributed by atoms with E-state index in [1.165, 1.54) is 6.07 Å². The number of rotatable bonds is 3. The van der Waals surface area contributed by atoms with E-state index < -0.39 is 5.60 Å². The first-order valence-corrected chi connectivity index (χ1v) is 10.5. The number of hydrogen-bond acceptors (Lipinski definition) is 4. The molecule has 0 bridgehead atoms. The molecule has 2 aliphatic rings. The zero-order chi connectivity index (χ0) is 21.0. The number of piperazine rings is 1. The molecule has 29 heavy (non-hydrogen) atoms. The Morgan fingerprint density at radius 3 is 2.21 bits per heavy atom. The fourth-order valence-electron chi connectivity index (χ4n) is 3.89. The highest BCUT2D eigenvalue weighted by Crippen LogP contribution is 2.22. The summed E-state index contributed by atoms with van der Waals surface area (Å²) in [5.41, 5.74) is 0.188. The number of nitrogens with zero attached hydrogens (tertiary/aromatic N) is 3. The van der Waals surface area contributed by atoms with Crippen LogP contribution in [0.25, 0.3) is 0 Å². The second-order valence-corrected chi connectivity index (χ2v) is 8.93. The smallest absolute Gasteiger partial charge is 0.410 e. The van der Waals surface area contributed by atoms with Crippen LogP contribution in [-0.4, -0.2) is 71.6 Å². The predicted molar refractivity (Wildman–Crippen MR) is 109 cm³/mol. The average molecular weight is 406 g/mol. The topological polar surface area (TPSA) is 53.1 Å². The zero-order valence-corrected chi connectivity index (χ0v) is 17.7. The van der Waals surface area contributed by atoms with Crippen molar-refractivity contribution >= 4 is 12.0 Å². The molecule has 2 fully saturated rings. The minimum atomic E-state index is -0.508. The van der Waals surface area contributed by atoms with Gasteiger partial charge in [0, 0.05) is 57.3 Å². The lowest BCUT2D eigenvalue weighted by Gasteiger charge is -2.38. The van der Waals surface area contributed by atoms with Crippen molar-refractivity contribution in [2.45, 2.75) is 45.8 Å². The summed E-state index contributed by atoms with van der Waals surface area (Å²) in [6.45, 7) is 10.1. The summed E-state index contributed by atoms with van der Waals surface area (Å²) in [7, 11) is 0. The molecule has 2 saturated heterocycles. The molecule has 1 aromatic carbocycles. The molecule has 0 saturated carbocycles. The number of hydrogen-bond donors (Lipinski definition) is 0. The number of amides is 2. The van der Waals surface area contributed by atoms with Crippen LogP contribution in [-0.2, 0) is 16.1 Å². The number of likely N-dealkylation sites (tertiary alicyclic amines) is 1. The van der Waals surface area contributed by atoms with Gasteiger partial charge < -0.3 is 14.5 Å². The van der Waals surface area contributed by atoms with Gasteiger partial charge in [-0.3, -0.25) is 9.69 Å². The van der Waals surface area contributed by atoms with Crippen LogP contribution in [0.2, 0.25) is 0 Å². The van der Waals surface area contributed by atoms with E-state index >= 15 is 0 Å². The molecule has 0 unspecified atom stereocenters.